The number of aromatic nitrogens is 2. The number of benzene rings is 1. The van der Waals surface area contributed by atoms with Crippen molar-refractivity contribution in [1.82, 2.24) is 9.59 Å². The first-order valence-electron chi connectivity index (χ1n) is 8.52. The summed E-state index contributed by atoms with van der Waals surface area (Å²) in [6.45, 7) is 8.45. The van der Waals surface area contributed by atoms with Crippen molar-refractivity contribution >= 4 is 34.7 Å². The van der Waals surface area contributed by atoms with Crippen LogP contribution in [0.4, 0.5) is 11.4 Å². The first-order chi connectivity index (χ1) is 12.3. The lowest BCUT2D eigenvalue weighted by atomic mass is 9.93. The van der Waals surface area contributed by atoms with Crippen LogP contribution in [0.5, 0.6) is 5.75 Å². The van der Waals surface area contributed by atoms with Gasteiger partial charge in [0.2, 0.25) is 5.91 Å². The van der Waals surface area contributed by atoms with Crippen molar-refractivity contribution in [2.75, 3.05) is 23.4 Å². The van der Waals surface area contributed by atoms with Crippen LogP contribution in [0.1, 0.15) is 42.6 Å². The van der Waals surface area contributed by atoms with Gasteiger partial charge < -0.3 is 15.0 Å². The minimum Gasteiger partial charge on any atom is -0.490 e. The molecule has 0 radical (unpaired) electrons. The van der Waals surface area contributed by atoms with Gasteiger partial charge in [-0.2, -0.15) is 0 Å². The summed E-state index contributed by atoms with van der Waals surface area (Å²) in [5.41, 5.74) is 1.32. The predicted molar refractivity (Wildman–Crippen MR) is 101 cm³/mol. The molecule has 0 unspecified atom stereocenters. The minimum absolute atomic E-state index is 0.0428. The molecule has 0 aliphatic carbocycles. The Morgan fingerprint density at radius 1 is 1.42 bits per heavy atom. The Balaban J connectivity index is 1.90. The van der Waals surface area contributed by atoms with E-state index >= 15 is 0 Å². The molecule has 1 aliphatic heterocycles. The molecule has 0 atom stereocenters. The molecule has 1 aliphatic rings. The number of ether oxygens (including phenoxy) is 1. The number of carbonyl (C=O) groups excluding carboxylic acids is 2. The molecule has 2 heterocycles. The standard InChI is InChI=1S/C18H22N4O3S/c1-5-8-22-13-7-6-12(19-16(23)15-11(2)20-21-26-15)9-14(13)25-10-18(3,4)17(22)24/h6-7,9H,5,8,10H2,1-4H3,(H,19,23). The molecule has 7 nitrogen and oxygen atoms in total. The van der Waals surface area contributed by atoms with E-state index in [9.17, 15) is 9.59 Å². The average Bonchev–Trinajstić information content (AvgIpc) is 3.00. The van der Waals surface area contributed by atoms with Gasteiger partial charge in [-0.25, -0.2) is 0 Å². The highest BCUT2D eigenvalue weighted by molar-refractivity contribution is 7.08. The molecule has 2 aromatic rings. The third kappa shape index (κ3) is 3.41. The van der Waals surface area contributed by atoms with Crippen LogP contribution >= 0.6 is 11.5 Å². The largest absolute Gasteiger partial charge is 0.490 e. The minimum atomic E-state index is -0.608. The van der Waals surface area contributed by atoms with E-state index in [1.807, 2.05) is 26.8 Å². The van der Waals surface area contributed by atoms with Crippen molar-refractivity contribution in [3.63, 3.8) is 0 Å². The molecule has 0 bridgehead atoms. The molecule has 138 valence electrons. The van der Waals surface area contributed by atoms with E-state index < -0.39 is 5.41 Å². The Morgan fingerprint density at radius 3 is 2.85 bits per heavy atom. The number of hydrogen-bond donors (Lipinski definition) is 1. The Bertz CT molecular complexity index is 847. The third-order valence-electron chi connectivity index (χ3n) is 4.23. The number of fused-ring (bicyclic) bond motifs is 1. The summed E-state index contributed by atoms with van der Waals surface area (Å²) < 4.78 is 9.70. The number of aryl methyl sites for hydroxylation is 1. The highest BCUT2D eigenvalue weighted by Gasteiger charge is 2.37. The molecule has 1 aromatic carbocycles. The molecular formula is C18H22N4O3S. The fourth-order valence-electron chi connectivity index (χ4n) is 2.80. The van der Waals surface area contributed by atoms with Crippen molar-refractivity contribution in [1.29, 1.82) is 0 Å². The molecule has 8 heteroatoms. The summed E-state index contributed by atoms with van der Waals surface area (Å²) in [5, 5.41) is 6.70. The van der Waals surface area contributed by atoms with Crippen LogP contribution in [0.2, 0.25) is 0 Å². The maximum atomic E-state index is 12.8. The maximum absolute atomic E-state index is 12.8. The molecule has 26 heavy (non-hydrogen) atoms. The number of carbonyl (C=O) groups is 2. The van der Waals surface area contributed by atoms with Crippen LogP contribution in [0.3, 0.4) is 0 Å². The van der Waals surface area contributed by atoms with Crippen molar-refractivity contribution in [3.8, 4) is 5.75 Å². The normalized spacial score (nSPS) is 15.8. The van der Waals surface area contributed by atoms with E-state index in [1.165, 1.54) is 0 Å². The number of rotatable bonds is 4. The van der Waals surface area contributed by atoms with Gasteiger partial charge in [0.25, 0.3) is 5.91 Å². The van der Waals surface area contributed by atoms with Crippen LogP contribution in [0.15, 0.2) is 18.2 Å². The van der Waals surface area contributed by atoms with Crippen LogP contribution in [-0.2, 0) is 4.79 Å². The summed E-state index contributed by atoms with van der Waals surface area (Å²) in [6.07, 6.45) is 0.845. The van der Waals surface area contributed by atoms with Gasteiger partial charge in [0, 0.05) is 18.3 Å². The SMILES string of the molecule is CCCN1C(=O)C(C)(C)COc2cc(NC(=O)c3snnc3C)ccc21. The van der Waals surface area contributed by atoms with E-state index in [0.29, 0.717) is 28.6 Å². The second-order valence-electron chi connectivity index (χ2n) is 6.95. The quantitative estimate of drug-likeness (QED) is 0.888. The van der Waals surface area contributed by atoms with Crippen molar-refractivity contribution in [3.05, 3.63) is 28.8 Å². The highest BCUT2D eigenvalue weighted by Crippen LogP contribution is 2.38. The lowest BCUT2D eigenvalue weighted by Gasteiger charge is -2.27. The molecule has 1 N–H and O–H groups in total. The summed E-state index contributed by atoms with van der Waals surface area (Å²) in [4.78, 5) is 27.5. The summed E-state index contributed by atoms with van der Waals surface area (Å²) >= 11 is 1.06. The lowest BCUT2D eigenvalue weighted by molar-refractivity contribution is -0.127. The number of nitrogens with zero attached hydrogens (tertiary/aromatic N) is 3. The second-order valence-corrected chi connectivity index (χ2v) is 7.71. The fraction of sp³-hybridized carbons (Fsp3) is 0.444. The average molecular weight is 374 g/mol. The van der Waals surface area contributed by atoms with Gasteiger partial charge >= 0.3 is 0 Å². The highest BCUT2D eigenvalue weighted by atomic mass is 32.1. The first kappa shape index (κ1) is 18.3. The second kappa shape index (κ2) is 7.03. The maximum Gasteiger partial charge on any atom is 0.269 e. The third-order valence-corrected chi connectivity index (χ3v) is 5.05. The van der Waals surface area contributed by atoms with Crippen LogP contribution in [0.25, 0.3) is 0 Å². The number of anilines is 2. The zero-order valence-corrected chi connectivity index (χ0v) is 16.1. The topological polar surface area (TPSA) is 84.4 Å². The number of amides is 2. The fourth-order valence-corrected chi connectivity index (χ4v) is 3.35. The van der Waals surface area contributed by atoms with Gasteiger partial charge in [0.1, 0.15) is 17.2 Å². The Morgan fingerprint density at radius 2 is 2.19 bits per heavy atom. The van der Waals surface area contributed by atoms with E-state index in [-0.39, 0.29) is 18.4 Å². The van der Waals surface area contributed by atoms with Crippen LogP contribution < -0.4 is 15.0 Å². The van der Waals surface area contributed by atoms with Gasteiger partial charge in [-0.1, -0.05) is 11.4 Å². The van der Waals surface area contributed by atoms with E-state index in [1.54, 1.807) is 24.0 Å². The van der Waals surface area contributed by atoms with Gasteiger partial charge in [0.15, 0.2) is 0 Å². The van der Waals surface area contributed by atoms with Gasteiger partial charge in [-0.3, -0.25) is 9.59 Å². The zero-order chi connectivity index (χ0) is 18.9. The smallest absolute Gasteiger partial charge is 0.269 e. The Labute approximate surface area is 156 Å². The van der Waals surface area contributed by atoms with Crippen molar-refractivity contribution in [2.24, 2.45) is 5.41 Å². The summed E-state index contributed by atoms with van der Waals surface area (Å²) in [6, 6.07) is 5.35. The molecule has 3 rings (SSSR count). The molecular weight excluding hydrogens is 352 g/mol. The van der Waals surface area contributed by atoms with Gasteiger partial charge in [-0.05, 0) is 50.9 Å². The molecule has 0 saturated heterocycles. The van der Waals surface area contributed by atoms with Crippen molar-refractivity contribution < 1.29 is 14.3 Å². The summed E-state index contributed by atoms with van der Waals surface area (Å²) in [7, 11) is 0. The molecule has 0 saturated carbocycles. The first-order valence-corrected chi connectivity index (χ1v) is 9.30. The van der Waals surface area contributed by atoms with Gasteiger partial charge in [-0.15, -0.1) is 5.10 Å². The monoisotopic (exact) mass is 374 g/mol. The lowest BCUT2D eigenvalue weighted by Crippen LogP contribution is -2.42. The molecule has 2 amide bonds. The number of hydrogen-bond acceptors (Lipinski definition) is 6. The van der Waals surface area contributed by atoms with Gasteiger partial charge in [0.05, 0.1) is 16.8 Å². The molecule has 1 aromatic heterocycles. The van der Waals surface area contributed by atoms with Crippen molar-refractivity contribution in [2.45, 2.75) is 34.1 Å². The van der Waals surface area contributed by atoms with E-state index in [2.05, 4.69) is 14.9 Å². The Hall–Kier alpha value is -2.48. The number of nitrogens with one attached hydrogen (secondary N) is 1. The van der Waals surface area contributed by atoms with Crippen LogP contribution in [-0.4, -0.2) is 34.6 Å². The van der Waals surface area contributed by atoms with E-state index in [4.69, 9.17) is 4.74 Å². The predicted octanol–water partition coefficient (Wildman–Crippen LogP) is 3.26. The van der Waals surface area contributed by atoms with Crippen LogP contribution in [0, 0.1) is 12.3 Å². The Kier molecular flexibility index (Phi) is 4.95. The zero-order valence-electron chi connectivity index (χ0n) is 15.3. The molecule has 0 spiro atoms. The van der Waals surface area contributed by atoms with E-state index in [0.717, 1.165) is 23.6 Å². The molecule has 0 fully saturated rings. The summed E-state index contributed by atoms with van der Waals surface area (Å²) in [5.74, 6) is 0.378.